The maximum atomic E-state index is 14.2. The lowest BCUT2D eigenvalue weighted by atomic mass is 10.0. The Labute approximate surface area is 710 Å². The zero-order valence-corrected chi connectivity index (χ0v) is 71.1. The third-order valence-corrected chi connectivity index (χ3v) is 19.9. The molecule has 29 heteroatoms. The Hall–Kier alpha value is -10.6. The molecule has 9 rings (SSSR count). The molecule has 638 valence electrons. The third-order valence-electron chi connectivity index (χ3n) is 19.0. The molecule has 0 bridgehead atoms. The number of rotatable bonds is 46. The average molecular weight is 1700 g/mol. The zero-order chi connectivity index (χ0) is 86.0. The van der Waals surface area contributed by atoms with Crippen LogP contribution in [0.4, 0.5) is 21.9 Å². The first-order chi connectivity index (χ1) is 57.5. The fraction of sp³-hybridized carbons (Fsp3) is 0.422. The van der Waals surface area contributed by atoms with Crippen LogP contribution in [-0.4, -0.2) is 136 Å². The molecule has 3 N–H and O–H groups in total. The van der Waals surface area contributed by atoms with Crippen molar-refractivity contribution in [3.8, 4) is 11.5 Å². The van der Waals surface area contributed by atoms with Crippen molar-refractivity contribution in [3.05, 3.63) is 207 Å². The number of ketones is 1. The Morgan fingerprint density at radius 1 is 0.513 bits per heavy atom. The molecule has 1 aliphatic rings. The number of ether oxygens (including phenoxy) is 6. The second-order valence-corrected chi connectivity index (χ2v) is 29.7. The molecule has 7 aromatic carbocycles. The van der Waals surface area contributed by atoms with Gasteiger partial charge >= 0.3 is 29.9 Å². The van der Waals surface area contributed by atoms with Crippen molar-refractivity contribution in [3.63, 3.8) is 0 Å². The maximum absolute atomic E-state index is 14.2. The number of aryl methyl sites for hydroxylation is 1. The predicted molar refractivity (Wildman–Crippen MR) is 456 cm³/mol. The molecule has 0 aliphatic carbocycles. The van der Waals surface area contributed by atoms with Gasteiger partial charge in [0.2, 0.25) is 12.3 Å². The summed E-state index contributed by atoms with van der Waals surface area (Å²) in [6.07, 6.45) is 19.7. The number of nitrogens with one attached hydrogen (secondary N) is 3. The normalized spacial score (nSPS) is 13.3. The topological polar surface area (TPSA) is 318 Å². The SMILES string of the molecule is CC(=O)Oc1ccccc1.CCCCCCCCCCCCOC(=O)C(C)OOCc1ccc(Cl)c(NC(=O)C(C(=O)Nc2cc(C(=O)OC(C)C(=O)OCCCCCCCCCCCC)ccc2Cl)n2nnc3ccccc32)c1.CCOC1C(=O)N(C(C(=O)Nc2cc(C)ccc2Cl)C(=O)c2ccc(OC)cc2)C(=O)N1Cc1ccccc1. The number of imide groups is 1. The third kappa shape index (κ3) is 31.2. The van der Waals surface area contributed by atoms with E-state index in [4.69, 9.17) is 73.0 Å². The molecule has 1 fully saturated rings. The van der Waals surface area contributed by atoms with Crippen molar-refractivity contribution in [1.82, 2.24) is 24.8 Å². The van der Waals surface area contributed by atoms with Crippen molar-refractivity contribution in [2.45, 2.75) is 221 Å². The molecular formula is C90H109Cl3N8O18. The van der Waals surface area contributed by atoms with Gasteiger partial charge in [-0.2, -0.15) is 0 Å². The first kappa shape index (κ1) is 95.5. The summed E-state index contributed by atoms with van der Waals surface area (Å²) >= 11 is 19.3. The Morgan fingerprint density at radius 2 is 1.00 bits per heavy atom. The van der Waals surface area contributed by atoms with Crippen molar-refractivity contribution in [1.29, 1.82) is 0 Å². The van der Waals surface area contributed by atoms with Crippen LogP contribution in [-0.2, 0) is 75.4 Å². The van der Waals surface area contributed by atoms with E-state index in [1.165, 1.54) is 159 Å². The summed E-state index contributed by atoms with van der Waals surface area (Å²) in [6, 6.07) is 40.3. The van der Waals surface area contributed by atoms with Crippen LogP contribution in [0.1, 0.15) is 213 Å². The lowest BCUT2D eigenvalue weighted by Crippen LogP contribution is -2.52. The second-order valence-electron chi connectivity index (χ2n) is 28.4. The van der Waals surface area contributed by atoms with Gasteiger partial charge in [0.15, 0.2) is 24.0 Å². The summed E-state index contributed by atoms with van der Waals surface area (Å²) in [5.74, 6) is -5.45. The summed E-state index contributed by atoms with van der Waals surface area (Å²) < 4.78 is 32.9. The number of unbranched alkanes of at least 4 members (excludes halogenated alkanes) is 18. The highest BCUT2D eigenvalue weighted by atomic mass is 35.5. The summed E-state index contributed by atoms with van der Waals surface area (Å²) in [4.78, 5) is 145. The number of anilines is 3. The van der Waals surface area contributed by atoms with Crippen LogP contribution in [0, 0.1) is 6.92 Å². The van der Waals surface area contributed by atoms with Crippen LogP contribution in [0.5, 0.6) is 11.5 Å². The lowest BCUT2D eigenvalue weighted by molar-refractivity contribution is -0.325. The molecule has 119 heavy (non-hydrogen) atoms. The smallest absolute Gasteiger partial charge is 0.347 e. The van der Waals surface area contributed by atoms with Gasteiger partial charge in [-0.15, -0.1) is 5.10 Å². The zero-order valence-electron chi connectivity index (χ0n) is 68.9. The number of benzene rings is 7. The average Bonchev–Trinajstić information content (AvgIpc) is 1.62. The number of Topliss-reactive ketones (excluding diaryl/α,β-unsaturated/α-hetero) is 1. The van der Waals surface area contributed by atoms with E-state index in [1.54, 1.807) is 104 Å². The van der Waals surface area contributed by atoms with Crippen molar-refractivity contribution < 1.29 is 86.1 Å². The molecule has 0 saturated carbocycles. The lowest BCUT2D eigenvalue weighted by Gasteiger charge is -2.25. The second kappa shape index (κ2) is 51.7. The Kier molecular flexibility index (Phi) is 41.5. The van der Waals surface area contributed by atoms with Gasteiger partial charge in [0.1, 0.15) is 23.6 Å². The first-order valence-electron chi connectivity index (χ1n) is 40.6. The van der Waals surface area contributed by atoms with E-state index in [0.29, 0.717) is 39.6 Å². The Balaban J connectivity index is 0.000000329. The number of esters is 4. The quantitative estimate of drug-likeness (QED) is 0.00367. The summed E-state index contributed by atoms with van der Waals surface area (Å²) in [7, 11) is 1.48. The van der Waals surface area contributed by atoms with E-state index >= 15 is 0 Å². The minimum absolute atomic E-state index is 0.0198. The minimum Gasteiger partial charge on any atom is -0.497 e. The van der Waals surface area contributed by atoms with Crippen LogP contribution >= 0.6 is 34.8 Å². The van der Waals surface area contributed by atoms with Crippen LogP contribution < -0.4 is 25.4 Å². The van der Waals surface area contributed by atoms with Crippen LogP contribution in [0.15, 0.2) is 164 Å². The molecule has 5 atom stereocenters. The summed E-state index contributed by atoms with van der Waals surface area (Å²) in [5.41, 5.74) is 3.32. The highest BCUT2D eigenvalue weighted by molar-refractivity contribution is 6.35. The molecular weight excluding hydrogens is 1590 g/mol. The van der Waals surface area contributed by atoms with Crippen LogP contribution in [0.25, 0.3) is 11.0 Å². The molecule has 1 aliphatic heterocycles. The number of nitrogens with zero attached hydrogens (tertiary/aromatic N) is 5. The molecule has 2 heterocycles. The molecule has 5 unspecified atom stereocenters. The number of methoxy groups -OCH3 is 1. The molecule has 1 aromatic heterocycles. The van der Waals surface area contributed by atoms with Gasteiger partial charge in [0, 0.05) is 19.1 Å². The van der Waals surface area contributed by atoms with Crippen molar-refractivity contribution >= 4 is 122 Å². The van der Waals surface area contributed by atoms with Gasteiger partial charge in [0.25, 0.3) is 23.6 Å². The highest BCUT2D eigenvalue weighted by Crippen LogP contribution is 2.32. The van der Waals surface area contributed by atoms with E-state index in [1.807, 2.05) is 31.2 Å². The number of aromatic nitrogens is 3. The van der Waals surface area contributed by atoms with Gasteiger partial charge < -0.3 is 44.4 Å². The predicted octanol–water partition coefficient (Wildman–Crippen LogP) is 19.2. The number of amides is 6. The number of para-hydroxylation sites is 2. The fourth-order valence-electron chi connectivity index (χ4n) is 12.5. The molecule has 0 spiro atoms. The largest absolute Gasteiger partial charge is 0.497 e. The van der Waals surface area contributed by atoms with Gasteiger partial charge in [-0.25, -0.2) is 38.5 Å². The van der Waals surface area contributed by atoms with E-state index in [9.17, 15) is 47.9 Å². The number of hydrogen-bond acceptors (Lipinski definition) is 20. The number of urea groups is 1. The Bertz CT molecular complexity index is 4590. The van der Waals surface area contributed by atoms with Crippen molar-refractivity contribution in [2.75, 3.05) is 42.9 Å². The van der Waals surface area contributed by atoms with Gasteiger partial charge in [-0.3, -0.25) is 33.7 Å². The number of fused-ring (bicyclic) bond motifs is 1. The monoisotopic (exact) mass is 1690 g/mol. The molecule has 6 amide bonds. The van der Waals surface area contributed by atoms with E-state index in [0.717, 1.165) is 60.8 Å². The van der Waals surface area contributed by atoms with Crippen LogP contribution in [0.2, 0.25) is 15.1 Å². The van der Waals surface area contributed by atoms with E-state index in [2.05, 4.69) is 40.1 Å². The first-order valence-corrected chi connectivity index (χ1v) is 41.7. The standard InChI is InChI=1S/C53H73Cl2N5O10.C29H28ClN3O6.C8H8O2/c1-5-7-9-11-13-15-17-19-21-25-33-66-51(63)38(3)69-53(65)41-30-32-43(55)46(36-41)57-50(62)48(60-47-28-24-23-27-44(47)58-59-60)49(61)56-45-35-40(29-31-42(45)54)37-68-70-39(4)52(64)67-34-26-22-20-18-16-14-12-10-8-6-2;1-4-39-28-27(36)33(29(37)32(28)17-19-8-6-5-7-9-19)24(25(34)20-11-13-21(38-3)14-12-20)26(35)31-23-16-18(2)10-15-22(23)30;1-7(9)10-8-5-3-2-4-6-8/h23-24,27-32,35-36,38-39,48H,5-22,25-26,33-34,37H2,1-4H3,(H,56,61)(H,57,62);5-16,24,28H,4,17H2,1-3H3,(H,31,35);2-6H,1H3. The minimum atomic E-state index is -1.82. The van der Waals surface area contributed by atoms with E-state index in [-0.39, 0.29) is 75.6 Å². The number of hydrogen-bond donors (Lipinski definition) is 3. The number of carbonyl (C=O) groups excluding carboxylic acids is 10. The number of carbonyl (C=O) groups is 10. The summed E-state index contributed by atoms with van der Waals surface area (Å²) in [6.45, 7) is 12.8. The van der Waals surface area contributed by atoms with Gasteiger partial charge in [0.05, 0.1) is 70.1 Å². The molecule has 26 nitrogen and oxygen atoms in total. The van der Waals surface area contributed by atoms with Crippen LogP contribution in [0.3, 0.4) is 0 Å². The maximum Gasteiger partial charge on any atom is 0.347 e. The highest BCUT2D eigenvalue weighted by Gasteiger charge is 2.53. The summed E-state index contributed by atoms with van der Waals surface area (Å²) in [5, 5.41) is 16.7. The van der Waals surface area contributed by atoms with Gasteiger partial charge in [-0.05, 0) is 148 Å². The van der Waals surface area contributed by atoms with Gasteiger partial charge in [-0.1, -0.05) is 242 Å². The fourth-order valence-corrected chi connectivity index (χ4v) is 13.0. The molecule has 1 saturated heterocycles. The van der Waals surface area contributed by atoms with Crippen molar-refractivity contribution in [2.24, 2.45) is 0 Å². The molecule has 8 aromatic rings. The van der Waals surface area contributed by atoms with E-state index < -0.39 is 83.9 Å². The Morgan fingerprint density at radius 3 is 1.55 bits per heavy atom. The molecule has 0 radical (unpaired) electrons. The number of halogens is 3.